The highest BCUT2D eigenvalue weighted by molar-refractivity contribution is 5.94. The van der Waals surface area contributed by atoms with Gasteiger partial charge in [-0.25, -0.2) is 4.79 Å². The van der Waals surface area contributed by atoms with Crippen LogP contribution in [-0.4, -0.2) is 41.8 Å². The van der Waals surface area contributed by atoms with E-state index >= 15 is 0 Å². The van der Waals surface area contributed by atoms with Crippen molar-refractivity contribution in [1.29, 1.82) is 0 Å². The normalized spacial score (nSPS) is 16.4. The number of nitrogens with zero attached hydrogens (tertiary/aromatic N) is 1. The standard InChI is InChI=1S/C7H9NO4/c9-5-12-7(11)8-3-1-2-6(10)4-8/h1-2,9H,3-5H2. The van der Waals surface area contributed by atoms with Crippen molar-refractivity contribution < 1.29 is 19.4 Å². The number of aliphatic hydroxyl groups is 1. The number of aliphatic hydroxyl groups excluding tert-OH is 1. The summed E-state index contributed by atoms with van der Waals surface area (Å²) in [4.78, 5) is 22.9. The summed E-state index contributed by atoms with van der Waals surface area (Å²) in [5, 5.41) is 8.26. The Bertz CT molecular complexity index is 223. The molecule has 1 aliphatic heterocycles. The molecule has 1 heterocycles. The lowest BCUT2D eigenvalue weighted by molar-refractivity contribution is -0.116. The van der Waals surface area contributed by atoms with Gasteiger partial charge in [0.1, 0.15) is 0 Å². The molecule has 0 saturated carbocycles. The van der Waals surface area contributed by atoms with Gasteiger partial charge >= 0.3 is 6.09 Å². The molecule has 1 amide bonds. The summed E-state index contributed by atoms with van der Waals surface area (Å²) >= 11 is 0. The van der Waals surface area contributed by atoms with Gasteiger partial charge in [0.2, 0.25) is 0 Å². The van der Waals surface area contributed by atoms with Crippen LogP contribution < -0.4 is 0 Å². The zero-order valence-electron chi connectivity index (χ0n) is 6.40. The molecule has 0 aliphatic carbocycles. The van der Waals surface area contributed by atoms with E-state index in [1.807, 2.05) is 0 Å². The van der Waals surface area contributed by atoms with Gasteiger partial charge in [0, 0.05) is 6.54 Å². The van der Waals surface area contributed by atoms with E-state index in [9.17, 15) is 9.59 Å². The van der Waals surface area contributed by atoms with Crippen molar-refractivity contribution >= 4 is 11.9 Å². The Morgan fingerprint density at radius 1 is 1.75 bits per heavy atom. The van der Waals surface area contributed by atoms with E-state index in [1.165, 1.54) is 11.0 Å². The minimum Gasteiger partial charge on any atom is -0.422 e. The van der Waals surface area contributed by atoms with E-state index in [4.69, 9.17) is 5.11 Å². The Hall–Kier alpha value is -1.36. The predicted molar refractivity (Wildman–Crippen MR) is 39.3 cm³/mol. The average Bonchev–Trinajstić information content (AvgIpc) is 2.05. The second-order valence-electron chi connectivity index (χ2n) is 2.29. The molecule has 5 nitrogen and oxygen atoms in total. The number of carbonyl (C=O) groups is 2. The molecular formula is C7H9NO4. The van der Waals surface area contributed by atoms with Crippen molar-refractivity contribution in [2.45, 2.75) is 0 Å². The third kappa shape index (κ3) is 2.06. The molecule has 1 N–H and O–H groups in total. The van der Waals surface area contributed by atoms with E-state index in [0.29, 0.717) is 6.54 Å². The largest absolute Gasteiger partial charge is 0.422 e. The first-order valence-electron chi connectivity index (χ1n) is 3.46. The van der Waals surface area contributed by atoms with Crippen LogP contribution >= 0.6 is 0 Å². The molecule has 0 atom stereocenters. The highest BCUT2D eigenvalue weighted by Crippen LogP contribution is 2.00. The van der Waals surface area contributed by atoms with Gasteiger partial charge in [0.05, 0.1) is 6.54 Å². The van der Waals surface area contributed by atoms with Crippen LogP contribution in [0.3, 0.4) is 0 Å². The predicted octanol–water partition coefficient (Wildman–Crippen LogP) is -0.486. The molecule has 0 spiro atoms. The van der Waals surface area contributed by atoms with Gasteiger partial charge in [-0.2, -0.15) is 0 Å². The maximum absolute atomic E-state index is 10.9. The van der Waals surface area contributed by atoms with Gasteiger partial charge < -0.3 is 9.84 Å². The van der Waals surface area contributed by atoms with Crippen LogP contribution in [0.4, 0.5) is 4.79 Å². The number of rotatable bonds is 1. The summed E-state index contributed by atoms with van der Waals surface area (Å²) in [6.45, 7) is -0.285. The van der Waals surface area contributed by atoms with Gasteiger partial charge in [0.15, 0.2) is 12.6 Å². The zero-order chi connectivity index (χ0) is 8.97. The Morgan fingerprint density at radius 2 is 2.50 bits per heavy atom. The molecule has 5 heteroatoms. The Kier molecular flexibility index (Phi) is 2.82. The van der Waals surface area contributed by atoms with E-state index in [0.717, 1.165) is 0 Å². The van der Waals surface area contributed by atoms with Crippen LogP contribution in [0.1, 0.15) is 0 Å². The second-order valence-corrected chi connectivity index (χ2v) is 2.29. The van der Waals surface area contributed by atoms with Crippen molar-refractivity contribution in [2.24, 2.45) is 0 Å². The fraction of sp³-hybridized carbons (Fsp3) is 0.429. The summed E-state index contributed by atoms with van der Waals surface area (Å²) in [6.07, 6.45) is 2.32. The number of ketones is 1. The van der Waals surface area contributed by atoms with E-state index in [1.54, 1.807) is 6.08 Å². The molecule has 12 heavy (non-hydrogen) atoms. The fourth-order valence-corrected chi connectivity index (χ4v) is 0.902. The molecule has 0 aromatic rings. The van der Waals surface area contributed by atoms with Crippen LogP contribution in [-0.2, 0) is 9.53 Å². The highest BCUT2D eigenvalue weighted by Gasteiger charge is 2.18. The molecule has 66 valence electrons. The lowest BCUT2D eigenvalue weighted by atomic mass is 10.2. The summed E-state index contributed by atoms with van der Waals surface area (Å²) in [7, 11) is 0. The first-order valence-corrected chi connectivity index (χ1v) is 3.46. The van der Waals surface area contributed by atoms with Crippen LogP contribution in [0.5, 0.6) is 0 Å². The summed E-state index contributed by atoms with van der Waals surface area (Å²) in [5.41, 5.74) is 0. The lowest BCUT2D eigenvalue weighted by Crippen LogP contribution is -2.38. The smallest absolute Gasteiger partial charge is 0.412 e. The second kappa shape index (κ2) is 3.87. The molecule has 1 rings (SSSR count). The molecule has 0 bridgehead atoms. The van der Waals surface area contributed by atoms with Crippen molar-refractivity contribution in [1.82, 2.24) is 4.90 Å². The summed E-state index contributed by atoms with van der Waals surface area (Å²) in [5.74, 6) is -0.142. The minimum absolute atomic E-state index is 0.0231. The monoisotopic (exact) mass is 171 g/mol. The van der Waals surface area contributed by atoms with Crippen molar-refractivity contribution in [3.05, 3.63) is 12.2 Å². The minimum atomic E-state index is -0.671. The molecule has 0 saturated heterocycles. The number of amides is 1. The molecule has 0 aromatic carbocycles. The highest BCUT2D eigenvalue weighted by atomic mass is 16.6. The van der Waals surface area contributed by atoms with Crippen LogP contribution in [0.25, 0.3) is 0 Å². The topological polar surface area (TPSA) is 66.8 Å². The Balaban J connectivity index is 2.48. The first-order chi connectivity index (χ1) is 5.74. The third-order valence-electron chi connectivity index (χ3n) is 1.42. The van der Waals surface area contributed by atoms with Crippen molar-refractivity contribution in [3.8, 4) is 0 Å². The quantitative estimate of drug-likeness (QED) is 0.541. The van der Waals surface area contributed by atoms with Gasteiger partial charge in [-0.05, 0) is 6.08 Å². The van der Waals surface area contributed by atoms with Crippen LogP contribution in [0.15, 0.2) is 12.2 Å². The van der Waals surface area contributed by atoms with Crippen molar-refractivity contribution in [3.63, 3.8) is 0 Å². The average molecular weight is 171 g/mol. The van der Waals surface area contributed by atoms with E-state index in [-0.39, 0.29) is 12.3 Å². The number of carbonyl (C=O) groups excluding carboxylic acids is 2. The van der Waals surface area contributed by atoms with E-state index < -0.39 is 12.9 Å². The molecule has 0 fully saturated rings. The maximum atomic E-state index is 10.9. The lowest BCUT2D eigenvalue weighted by Gasteiger charge is -2.20. The van der Waals surface area contributed by atoms with Crippen LogP contribution in [0, 0.1) is 0 Å². The molecule has 1 aliphatic rings. The molecule has 0 unspecified atom stereocenters. The van der Waals surface area contributed by atoms with Gasteiger partial charge in [0.25, 0.3) is 0 Å². The van der Waals surface area contributed by atoms with Gasteiger partial charge in [-0.15, -0.1) is 0 Å². The van der Waals surface area contributed by atoms with Crippen molar-refractivity contribution in [2.75, 3.05) is 19.9 Å². The van der Waals surface area contributed by atoms with Crippen LogP contribution in [0.2, 0.25) is 0 Å². The number of ether oxygens (including phenoxy) is 1. The third-order valence-corrected chi connectivity index (χ3v) is 1.42. The van der Waals surface area contributed by atoms with Gasteiger partial charge in [-0.3, -0.25) is 9.69 Å². The molecular weight excluding hydrogens is 162 g/mol. The fourth-order valence-electron chi connectivity index (χ4n) is 0.902. The summed E-state index contributed by atoms with van der Waals surface area (Å²) < 4.78 is 4.29. The molecule has 0 aromatic heterocycles. The first kappa shape index (κ1) is 8.73. The maximum Gasteiger partial charge on any atom is 0.412 e. The zero-order valence-corrected chi connectivity index (χ0v) is 6.40. The Morgan fingerprint density at radius 3 is 3.08 bits per heavy atom. The summed E-state index contributed by atoms with van der Waals surface area (Å²) in [6, 6.07) is 0. The van der Waals surface area contributed by atoms with Gasteiger partial charge in [-0.1, -0.05) is 6.08 Å². The SMILES string of the molecule is O=C1C=CCN(C(=O)OCO)C1. The van der Waals surface area contributed by atoms with E-state index in [2.05, 4.69) is 4.74 Å². The molecule has 0 radical (unpaired) electrons. The Labute approximate surface area is 69.2 Å². The number of hydrogen-bond donors (Lipinski definition) is 1. The number of hydrogen-bond acceptors (Lipinski definition) is 4.